The van der Waals surface area contributed by atoms with Gasteiger partial charge in [0.1, 0.15) is 12.4 Å². The number of aromatic nitrogens is 2. The van der Waals surface area contributed by atoms with Gasteiger partial charge in [-0.25, -0.2) is 4.79 Å². The minimum atomic E-state index is -0.387. The van der Waals surface area contributed by atoms with Gasteiger partial charge in [0, 0.05) is 24.2 Å². The van der Waals surface area contributed by atoms with Crippen LogP contribution in [0.3, 0.4) is 0 Å². The fourth-order valence-electron chi connectivity index (χ4n) is 3.93. The normalized spacial score (nSPS) is 14.2. The van der Waals surface area contributed by atoms with Gasteiger partial charge in [-0.15, -0.1) is 0 Å². The van der Waals surface area contributed by atoms with Crippen LogP contribution in [0.25, 0.3) is 10.9 Å². The van der Waals surface area contributed by atoms with Crippen LogP contribution in [0.15, 0.2) is 53.3 Å². The van der Waals surface area contributed by atoms with Crippen LogP contribution in [0.1, 0.15) is 31.7 Å². The lowest BCUT2D eigenvalue weighted by Crippen LogP contribution is -2.35. The van der Waals surface area contributed by atoms with E-state index >= 15 is 0 Å². The van der Waals surface area contributed by atoms with Crippen molar-refractivity contribution in [3.8, 4) is 0 Å². The number of hydrogen-bond acceptors (Lipinski definition) is 4. The maximum Gasteiger partial charge on any atom is 0.350 e. The van der Waals surface area contributed by atoms with Gasteiger partial charge in [0.2, 0.25) is 5.91 Å². The third-order valence-corrected chi connectivity index (χ3v) is 5.44. The molecular formula is C23H26N4O2. The Morgan fingerprint density at radius 1 is 1.07 bits per heavy atom. The molecule has 1 aromatic heterocycles. The van der Waals surface area contributed by atoms with E-state index in [1.165, 1.54) is 11.0 Å². The zero-order valence-electron chi connectivity index (χ0n) is 16.7. The molecule has 0 atom stereocenters. The Balaban J connectivity index is 1.64. The van der Waals surface area contributed by atoms with Crippen molar-refractivity contribution < 1.29 is 4.79 Å². The number of fused-ring (bicyclic) bond motifs is 1. The van der Waals surface area contributed by atoms with Crippen LogP contribution in [0.4, 0.5) is 11.5 Å². The molecule has 150 valence electrons. The molecule has 0 radical (unpaired) electrons. The molecule has 0 unspecified atom stereocenters. The first-order valence-corrected chi connectivity index (χ1v) is 10.3. The van der Waals surface area contributed by atoms with Crippen LogP contribution in [0.5, 0.6) is 0 Å². The van der Waals surface area contributed by atoms with Gasteiger partial charge < -0.3 is 10.2 Å². The highest BCUT2D eigenvalue weighted by Crippen LogP contribution is 2.25. The van der Waals surface area contributed by atoms with Crippen molar-refractivity contribution in [1.29, 1.82) is 0 Å². The van der Waals surface area contributed by atoms with E-state index in [0.717, 1.165) is 60.3 Å². The number of rotatable bonds is 5. The lowest BCUT2D eigenvalue weighted by molar-refractivity contribution is -0.116. The summed E-state index contributed by atoms with van der Waals surface area (Å²) in [5.41, 5.74) is 2.25. The van der Waals surface area contributed by atoms with Crippen molar-refractivity contribution in [2.24, 2.45) is 0 Å². The fourth-order valence-corrected chi connectivity index (χ4v) is 3.93. The summed E-state index contributed by atoms with van der Waals surface area (Å²) in [6.07, 6.45) is 4.33. The van der Waals surface area contributed by atoms with E-state index in [1.54, 1.807) is 0 Å². The number of anilines is 2. The van der Waals surface area contributed by atoms with Crippen molar-refractivity contribution in [2.75, 3.05) is 23.3 Å². The highest BCUT2D eigenvalue weighted by molar-refractivity contribution is 5.93. The van der Waals surface area contributed by atoms with E-state index in [2.05, 4.69) is 22.1 Å². The molecule has 1 aliphatic rings. The molecule has 3 aromatic rings. The van der Waals surface area contributed by atoms with Crippen molar-refractivity contribution in [3.05, 3.63) is 64.6 Å². The van der Waals surface area contributed by atoms with E-state index < -0.39 is 0 Å². The Hall–Kier alpha value is -3.15. The molecule has 1 aliphatic heterocycles. The Bertz CT molecular complexity index is 1080. The summed E-state index contributed by atoms with van der Waals surface area (Å²) >= 11 is 0. The second-order valence-corrected chi connectivity index (χ2v) is 7.47. The summed E-state index contributed by atoms with van der Waals surface area (Å²) in [4.78, 5) is 32.0. The number of carbonyl (C=O) groups excluding carboxylic acids is 1. The van der Waals surface area contributed by atoms with Crippen LogP contribution < -0.4 is 15.9 Å². The molecule has 1 fully saturated rings. The number of benzene rings is 2. The van der Waals surface area contributed by atoms with Gasteiger partial charge in [-0.1, -0.05) is 31.2 Å². The average molecular weight is 390 g/mol. The van der Waals surface area contributed by atoms with Gasteiger partial charge in [-0.2, -0.15) is 4.98 Å². The maximum atomic E-state index is 12.8. The minimum Gasteiger partial charge on any atom is -0.356 e. The average Bonchev–Trinajstić information content (AvgIpc) is 2.76. The predicted molar refractivity (Wildman–Crippen MR) is 117 cm³/mol. The SMILES string of the molecule is CCc1cccc(NC(=O)Cn2c(=O)nc(N3CCCCC3)c3ccccc32)c1. The van der Waals surface area contributed by atoms with Crippen LogP contribution in [-0.4, -0.2) is 28.5 Å². The number of para-hydroxylation sites is 1. The Morgan fingerprint density at radius 2 is 1.86 bits per heavy atom. The topological polar surface area (TPSA) is 67.2 Å². The van der Waals surface area contributed by atoms with Crippen molar-refractivity contribution >= 4 is 28.3 Å². The summed E-state index contributed by atoms with van der Waals surface area (Å²) in [5, 5.41) is 3.81. The van der Waals surface area contributed by atoms with E-state index in [-0.39, 0.29) is 18.1 Å². The number of amides is 1. The van der Waals surface area contributed by atoms with Gasteiger partial charge in [0.05, 0.1) is 5.52 Å². The van der Waals surface area contributed by atoms with E-state index in [1.807, 2.05) is 48.5 Å². The van der Waals surface area contributed by atoms with E-state index in [4.69, 9.17) is 0 Å². The summed E-state index contributed by atoms with van der Waals surface area (Å²) < 4.78 is 1.46. The first-order chi connectivity index (χ1) is 14.2. The van der Waals surface area contributed by atoms with Gasteiger partial charge in [0.15, 0.2) is 0 Å². The first-order valence-electron chi connectivity index (χ1n) is 10.3. The number of carbonyl (C=O) groups is 1. The molecule has 6 nitrogen and oxygen atoms in total. The van der Waals surface area contributed by atoms with E-state index in [9.17, 15) is 9.59 Å². The van der Waals surface area contributed by atoms with Gasteiger partial charge in [-0.3, -0.25) is 9.36 Å². The predicted octanol–water partition coefficient (Wildman–Crippen LogP) is 3.59. The number of piperidine rings is 1. The Kier molecular flexibility index (Phi) is 5.60. The summed E-state index contributed by atoms with van der Waals surface area (Å²) in [5.74, 6) is 0.496. The standard InChI is InChI=1S/C23H26N4O2/c1-2-17-9-8-10-18(15-17)24-21(28)16-27-20-12-5-4-11-19(20)22(25-23(27)29)26-13-6-3-7-14-26/h4-5,8-12,15H,2-3,6-7,13-14,16H2,1H3,(H,24,28). The lowest BCUT2D eigenvalue weighted by Gasteiger charge is -2.28. The van der Waals surface area contributed by atoms with Crippen LogP contribution in [-0.2, 0) is 17.8 Å². The molecule has 2 heterocycles. The molecule has 0 saturated carbocycles. The fraction of sp³-hybridized carbons (Fsp3) is 0.348. The highest BCUT2D eigenvalue weighted by atomic mass is 16.2. The van der Waals surface area contributed by atoms with Crippen molar-refractivity contribution in [3.63, 3.8) is 0 Å². The van der Waals surface area contributed by atoms with Gasteiger partial charge in [0.25, 0.3) is 0 Å². The zero-order valence-corrected chi connectivity index (χ0v) is 16.7. The molecule has 6 heteroatoms. The number of aryl methyl sites for hydroxylation is 1. The quantitative estimate of drug-likeness (QED) is 0.723. The van der Waals surface area contributed by atoms with Crippen LogP contribution in [0, 0.1) is 0 Å². The molecule has 4 rings (SSSR count). The molecule has 0 bridgehead atoms. The Labute approximate surface area is 170 Å². The highest BCUT2D eigenvalue weighted by Gasteiger charge is 2.19. The summed E-state index contributed by atoms with van der Waals surface area (Å²) in [6.45, 7) is 3.83. The molecule has 2 aromatic carbocycles. The minimum absolute atomic E-state index is 0.0665. The monoisotopic (exact) mass is 390 g/mol. The second-order valence-electron chi connectivity index (χ2n) is 7.47. The smallest absolute Gasteiger partial charge is 0.350 e. The van der Waals surface area contributed by atoms with Crippen molar-refractivity contribution in [1.82, 2.24) is 9.55 Å². The summed E-state index contributed by atoms with van der Waals surface area (Å²) in [7, 11) is 0. The second kappa shape index (κ2) is 8.47. The van der Waals surface area contributed by atoms with Crippen LogP contribution >= 0.6 is 0 Å². The molecule has 1 saturated heterocycles. The zero-order chi connectivity index (χ0) is 20.2. The maximum absolute atomic E-state index is 12.8. The van der Waals surface area contributed by atoms with Gasteiger partial charge >= 0.3 is 5.69 Å². The largest absolute Gasteiger partial charge is 0.356 e. The first kappa shape index (κ1) is 19.2. The lowest BCUT2D eigenvalue weighted by atomic mass is 10.1. The third kappa shape index (κ3) is 4.16. The van der Waals surface area contributed by atoms with E-state index in [0.29, 0.717) is 0 Å². The number of nitrogens with zero attached hydrogens (tertiary/aromatic N) is 3. The molecule has 0 aliphatic carbocycles. The number of nitrogens with one attached hydrogen (secondary N) is 1. The van der Waals surface area contributed by atoms with Crippen LogP contribution in [0.2, 0.25) is 0 Å². The van der Waals surface area contributed by atoms with Gasteiger partial charge in [-0.05, 0) is 55.5 Å². The van der Waals surface area contributed by atoms with Crippen molar-refractivity contribution in [2.45, 2.75) is 39.2 Å². The Morgan fingerprint density at radius 3 is 2.66 bits per heavy atom. The molecular weight excluding hydrogens is 364 g/mol. The molecule has 29 heavy (non-hydrogen) atoms. The third-order valence-electron chi connectivity index (χ3n) is 5.44. The summed E-state index contributed by atoms with van der Waals surface area (Å²) in [6, 6.07) is 15.5. The molecule has 1 amide bonds. The number of hydrogen-bond donors (Lipinski definition) is 1. The molecule has 0 spiro atoms. The molecule has 1 N–H and O–H groups in total.